The molecule has 166 valence electrons. The number of benzene rings is 1. The van der Waals surface area contributed by atoms with E-state index in [1.165, 1.54) is 0 Å². The van der Waals surface area contributed by atoms with Crippen molar-refractivity contribution < 1.29 is 14.7 Å². The zero-order chi connectivity index (χ0) is 21.7. The van der Waals surface area contributed by atoms with Crippen molar-refractivity contribution in [1.29, 1.82) is 0 Å². The highest BCUT2D eigenvalue weighted by Crippen LogP contribution is 2.21. The largest absolute Gasteiger partial charge is 0.390 e. The summed E-state index contributed by atoms with van der Waals surface area (Å²) in [5.41, 5.74) is 0.587. The van der Waals surface area contributed by atoms with E-state index in [-0.39, 0.29) is 17.7 Å². The van der Waals surface area contributed by atoms with Crippen LogP contribution in [0, 0.1) is 5.92 Å². The lowest BCUT2D eigenvalue weighted by Crippen LogP contribution is -2.50. The van der Waals surface area contributed by atoms with Crippen molar-refractivity contribution in [3.05, 3.63) is 34.9 Å². The van der Waals surface area contributed by atoms with E-state index in [2.05, 4.69) is 16.8 Å². The fourth-order valence-corrected chi connectivity index (χ4v) is 4.37. The second kappa shape index (κ2) is 10.6. The maximum Gasteiger partial charge on any atom is 0.253 e. The lowest BCUT2D eigenvalue weighted by molar-refractivity contribution is -0.137. The third-order valence-corrected chi connectivity index (χ3v) is 6.33. The summed E-state index contributed by atoms with van der Waals surface area (Å²) in [5, 5.41) is 11.1. The van der Waals surface area contributed by atoms with Crippen molar-refractivity contribution in [2.75, 3.05) is 66.5 Å². The van der Waals surface area contributed by atoms with Crippen LogP contribution >= 0.6 is 11.6 Å². The molecule has 0 bridgehead atoms. The molecule has 2 fully saturated rings. The van der Waals surface area contributed by atoms with E-state index in [1.54, 1.807) is 41.1 Å². The van der Waals surface area contributed by atoms with Crippen molar-refractivity contribution >= 4 is 23.4 Å². The number of rotatable bonds is 6. The van der Waals surface area contributed by atoms with E-state index in [9.17, 15) is 14.7 Å². The van der Waals surface area contributed by atoms with Gasteiger partial charge in [0.1, 0.15) is 0 Å². The lowest BCUT2D eigenvalue weighted by Gasteiger charge is -2.36. The molecule has 0 saturated carbocycles. The molecule has 2 saturated heterocycles. The topological polar surface area (TPSA) is 67.3 Å². The number of hydrogen-bond donors (Lipinski definition) is 1. The third kappa shape index (κ3) is 6.17. The zero-order valence-corrected chi connectivity index (χ0v) is 18.7. The highest BCUT2D eigenvalue weighted by Gasteiger charge is 2.31. The molecule has 1 aromatic carbocycles. The number of carbonyl (C=O) groups excluding carboxylic acids is 2. The van der Waals surface area contributed by atoms with Gasteiger partial charge in [-0.25, -0.2) is 0 Å². The van der Waals surface area contributed by atoms with E-state index in [0.717, 1.165) is 39.0 Å². The normalized spacial score (nSPS) is 22.0. The molecule has 1 aromatic rings. The minimum Gasteiger partial charge on any atom is -0.390 e. The first-order chi connectivity index (χ1) is 14.3. The SMILES string of the molecule is CN1CCN(C[C@H](O)CN(C)C(=O)[C@H]2CCCN(C(=O)c3ccc(Cl)cc3)C2)CC1. The van der Waals surface area contributed by atoms with Crippen LogP contribution in [0.5, 0.6) is 0 Å². The molecule has 2 aliphatic heterocycles. The minimum atomic E-state index is -0.572. The van der Waals surface area contributed by atoms with Crippen LogP contribution in [-0.2, 0) is 4.79 Å². The van der Waals surface area contributed by atoms with Gasteiger partial charge in [-0.3, -0.25) is 14.5 Å². The molecule has 2 amide bonds. The van der Waals surface area contributed by atoms with Gasteiger partial charge in [-0.2, -0.15) is 0 Å². The number of carbonyl (C=O) groups is 2. The number of aliphatic hydroxyl groups is 1. The number of β-amino-alcohol motifs (C(OH)–C–C–N with tert-alkyl or cyclic N) is 1. The van der Waals surface area contributed by atoms with E-state index in [0.29, 0.717) is 36.8 Å². The van der Waals surface area contributed by atoms with Crippen LogP contribution in [0.3, 0.4) is 0 Å². The van der Waals surface area contributed by atoms with Crippen LogP contribution in [-0.4, -0.2) is 109 Å². The zero-order valence-electron chi connectivity index (χ0n) is 18.0. The first-order valence-corrected chi connectivity index (χ1v) is 11.1. The summed E-state index contributed by atoms with van der Waals surface area (Å²) >= 11 is 5.91. The summed E-state index contributed by atoms with van der Waals surface area (Å²) in [4.78, 5) is 33.6. The molecule has 8 heteroatoms. The molecule has 2 heterocycles. The minimum absolute atomic E-state index is 0.000957. The van der Waals surface area contributed by atoms with Gasteiger partial charge in [0.25, 0.3) is 5.91 Å². The Bertz CT molecular complexity index is 722. The molecule has 0 radical (unpaired) electrons. The first-order valence-electron chi connectivity index (χ1n) is 10.7. The molecule has 1 N–H and O–H groups in total. The molecular weight excluding hydrogens is 404 g/mol. The third-order valence-electron chi connectivity index (χ3n) is 6.07. The number of nitrogens with zero attached hydrogens (tertiary/aromatic N) is 4. The Labute approximate surface area is 184 Å². The van der Waals surface area contributed by atoms with E-state index in [4.69, 9.17) is 11.6 Å². The monoisotopic (exact) mass is 436 g/mol. The van der Waals surface area contributed by atoms with Gasteiger partial charge in [-0.05, 0) is 44.2 Å². The Morgan fingerprint density at radius 1 is 1.17 bits per heavy atom. The van der Waals surface area contributed by atoms with Gasteiger partial charge < -0.3 is 19.8 Å². The Morgan fingerprint density at radius 2 is 1.83 bits per heavy atom. The molecule has 2 atom stereocenters. The average Bonchev–Trinajstić information content (AvgIpc) is 2.75. The Hall–Kier alpha value is -1.67. The number of amides is 2. The van der Waals surface area contributed by atoms with Crippen molar-refractivity contribution in [2.45, 2.75) is 18.9 Å². The maximum atomic E-state index is 13.0. The second-order valence-corrected chi connectivity index (χ2v) is 9.01. The number of aliphatic hydroxyl groups excluding tert-OH is 1. The summed E-state index contributed by atoms with van der Waals surface area (Å²) < 4.78 is 0. The molecule has 7 nitrogen and oxygen atoms in total. The van der Waals surface area contributed by atoms with Gasteiger partial charge in [0.05, 0.1) is 12.0 Å². The summed E-state index contributed by atoms with van der Waals surface area (Å²) in [6, 6.07) is 6.85. The summed E-state index contributed by atoms with van der Waals surface area (Å²) in [6.07, 6.45) is 0.994. The molecule has 0 aliphatic carbocycles. The summed E-state index contributed by atoms with van der Waals surface area (Å²) in [5.74, 6) is -0.293. The van der Waals surface area contributed by atoms with Crippen LogP contribution < -0.4 is 0 Å². The highest BCUT2D eigenvalue weighted by atomic mass is 35.5. The molecule has 3 rings (SSSR count). The smallest absolute Gasteiger partial charge is 0.253 e. The van der Waals surface area contributed by atoms with Gasteiger partial charge in [0.2, 0.25) is 5.91 Å². The number of hydrogen-bond acceptors (Lipinski definition) is 5. The molecule has 2 aliphatic rings. The van der Waals surface area contributed by atoms with E-state index in [1.807, 2.05) is 0 Å². The van der Waals surface area contributed by atoms with Crippen LogP contribution in [0.25, 0.3) is 0 Å². The van der Waals surface area contributed by atoms with E-state index < -0.39 is 6.10 Å². The Kier molecular flexibility index (Phi) is 8.11. The average molecular weight is 437 g/mol. The molecule has 0 spiro atoms. The number of likely N-dealkylation sites (N-methyl/N-ethyl adjacent to an activating group) is 2. The van der Waals surface area contributed by atoms with Gasteiger partial charge in [-0.1, -0.05) is 11.6 Å². The molecule has 30 heavy (non-hydrogen) atoms. The Balaban J connectivity index is 1.50. The molecule has 0 aromatic heterocycles. The van der Waals surface area contributed by atoms with Crippen molar-refractivity contribution in [3.63, 3.8) is 0 Å². The number of piperidine rings is 1. The van der Waals surface area contributed by atoms with Crippen LogP contribution in [0.1, 0.15) is 23.2 Å². The number of halogens is 1. The lowest BCUT2D eigenvalue weighted by atomic mass is 9.96. The predicted octanol–water partition coefficient (Wildman–Crippen LogP) is 1.26. The fourth-order valence-electron chi connectivity index (χ4n) is 4.24. The van der Waals surface area contributed by atoms with Gasteiger partial charge >= 0.3 is 0 Å². The molecule has 0 unspecified atom stereocenters. The standard InChI is InChI=1S/C22H33ClN4O3/c1-24-10-12-26(13-11-24)16-20(28)15-25(2)21(29)18-4-3-9-27(14-18)22(30)17-5-7-19(23)8-6-17/h5-8,18,20,28H,3-4,9-16H2,1-2H3/t18-,20+/m0/s1. The van der Waals surface area contributed by atoms with Crippen LogP contribution in [0.4, 0.5) is 0 Å². The van der Waals surface area contributed by atoms with Crippen molar-refractivity contribution in [1.82, 2.24) is 19.6 Å². The quantitative estimate of drug-likeness (QED) is 0.727. The van der Waals surface area contributed by atoms with Gasteiger partial charge in [-0.15, -0.1) is 0 Å². The second-order valence-electron chi connectivity index (χ2n) is 8.57. The summed E-state index contributed by atoms with van der Waals surface area (Å²) in [6.45, 7) is 5.84. The van der Waals surface area contributed by atoms with Crippen LogP contribution in [0.15, 0.2) is 24.3 Å². The maximum absolute atomic E-state index is 13.0. The van der Waals surface area contributed by atoms with Gasteiger partial charge in [0.15, 0.2) is 0 Å². The van der Waals surface area contributed by atoms with Crippen molar-refractivity contribution in [3.8, 4) is 0 Å². The number of piperazine rings is 1. The first kappa shape index (κ1) is 23.0. The van der Waals surface area contributed by atoms with E-state index >= 15 is 0 Å². The van der Waals surface area contributed by atoms with Gasteiger partial charge in [0, 0.05) is 70.0 Å². The number of likely N-dealkylation sites (tertiary alicyclic amines) is 1. The summed E-state index contributed by atoms with van der Waals surface area (Å²) in [7, 11) is 3.85. The van der Waals surface area contributed by atoms with Crippen molar-refractivity contribution in [2.24, 2.45) is 5.92 Å². The van der Waals surface area contributed by atoms with Crippen LogP contribution in [0.2, 0.25) is 5.02 Å². The molecular formula is C22H33ClN4O3. The predicted molar refractivity (Wildman–Crippen MR) is 118 cm³/mol. The highest BCUT2D eigenvalue weighted by molar-refractivity contribution is 6.30. The Morgan fingerprint density at radius 3 is 2.50 bits per heavy atom. The fraction of sp³-hybridized carbons (Fsp3) is 0.636.